The molecule has 0 atom stereocenters. The first kappa shape index (κ1) is 27.1. The SMILES string of the molecule is Cc1cccc(-c2cc(-c3nc(-c4ccccc4)nc(-c4ccccc4)n3)cc(-c3cc4cccc5ccc6cccc3c6c54)c2)n1. The van der Waals surface area contributed by atoms with Gasteiger partial charge in [-0.1, -0.05) is 115 Å². The zero-order valence-electron chi connectivity index (χ0n) is 25.7. The molecule has 2 heterocycles. The number of hydrogen-bond acceptors (Lipinski definition) is 4. The molecule has 0 N–H and O–H groups in total. The van der Waals surface area contributed by atoms with Gasteiger partial charge in [-0.3, -0.25) is 4.98 Å². The first-order chi connectivity index (χ1) is 23.2. The molecule has 0 bridgehead atoms. The number of rotatable bonds is 5. The third-order valence-corrected chi connectivity index (χ3v) is 8.89. The smallest absolute Gasteiger partial charge is 0.164 e. The van der Waals surface area contributed by atoms with Crippen LogP contribution in [0.1, 0.15) is 5.69 Å². The van der Waals surface area contributed by atoms with Gasteiger partial charge in [-0.25, -0.2) is 15.0 Å². The Kier molecular flexibility index (Phi) is 6.32. The van der Waals surface area contributed by atoms with E-state index in [1.54, 1.807) is 0 Å². The van der Waals surface area contributed by atoms with Crippen LogP contribution in [0, 0.1) is 6.92 Å². The Morgan fingerprint density at radius 1 is 0.362 bits per heavy atom. The molecule has 9 aromatic rings. The highest BCUT2D eigenvalue weighted by atomic mass is 15.0. The second-order valence-corrected chi connectivity index (χ2v) is 12.0. The van der Waals surface area contributed by atoms with Crippen LogP contribution in [0.4, 0.5) is 0 Å². The van der Waals surface area contributed by atoms with Crippen LogP contribution >= 0.6 is 0 Å². The lowest BCUT2D eigenvalue weighted by atomic mass is 9.88. The molecule has 0 amide bonds. The van der Waals surface area contributed by atoms with Crippen molar-refractivity contribution in [3.63, 3.8) is 0 Å². The fraction of sp³-hybridized carbons (Fsp3) is 0.0233. The molecule has 9 rings (SSSR count). The van der Waals surface area contributed by atoms with Gasteiger partial charge in [-0.15, -0.1) is 0 Å². The fourth-order valence-corrected chi connectivity index (χ4v) is 6.70. The van der Waals surface area contributed by atoms with E-state index in [4.69, 9.17) is 19.9 Å². The highest BCUT2D eigenvalue weighted by Crippen LogP contribution is 2.42. The summed E-state index contributed by atoms with van der Waals surface area (Å²) in [5.74, 6) is 1.89. The Hall–Kier alpha value is -6.26. The van der Waals surface area contributed by atoms with Crippen molar-refractivity contribution in [2.24, 2.45) is 0 Å². The lowest BCUT2D eigenvalue weighted by molar-refractivity contribution is 1.07. The van der Waals surface area contributed by atoms with Crippen LogP contribution in [0.2, 0.25) is 0 Å². The quantitative estimate of drug-likeness (QED) is 0.184. The van der Waals surface area contributed by atoms with Crippen LogP contribution in [0.15, 0.2) is 152 Å². The monoisotopic (exact) mass is 600 g/mol. The number of pyridine rings is 1. The molecular weight excluding hydrogens is 573 g/mol. The molecule has 0 saturated carbocycles. The standard InChI is InChI=1S/C43H28N4/c1-27-11-8-20-38(44-27)34-23-33(37-26-32-18-9-16-28-21-22-29-17-10-19-36(37)40(29)39(28)32)24-35(25-34)43-46-41(30-12-4-2-5-13-30)45-42(47-43)31-14-6-3-7-15-31/h2-26H,1H3. The van der Waals surface area contributed by atoms with Crippen molar-refractivity contribution in [3.8, 4) is 56.5 Å². The molecule has 0 aliphatic rings. The lowest BCUT2D eigenvalue weighted by Crippen LogP contribution is -2.00. The van der Waals surface area contributed by atoms with Crippen LogP contribution in [0.3, 0.4) is 0 Å². The minimum Gasteiger partial charge on any atom is -0.253 e. The molecule has 0 spiro atoms. The molecule has 0 unspecified atom stereocenters. The van der Waals surface area contributed by atoms with Gasteiger partial charge in [-0.05, 0) is 86.8 Å². The topological polar surface area (TPSA) is 51.6 Å². The Balaban J connectivity index is 1.34. The van der Waals surface area contributed by atoms with Crippen molar-refractivity contribution in [3.05, 3.63) is 157 Å². The lowest BCUT2D eigenvalue weighted by Gasteiger charge is -2.17. The highest BCUT2D eigenvalue weighted by molar-refractivity contribution is 6.26. The Morgan fingerprint density at radius 3 is 1.60 bits per heavy atom. The molecule has 4 heteroatoms. The first-order valence-electron chi connectivity index (χ1n) is 15.8. The van der Waals surface area contributed by atoms with Crippen molar-refractivity contribution in [1.29, 1.82) is 0 Å². The zero-order valence-corrected chi connectivity index (χ0v) is 25.7. The number of benzene rings is 7. The molecule has 47 heavy (non-hydrogen) atoms. The normalized spacial score (nSPS) is 11.5. The largest absolute Gasteiger partial charge is 0.253 e. The molecule has 0 aliphatic carbocycles. The van der Waals surface area contributed by atoms with Gasteiger partial charge >= 0.3 is 0 Å². The molecule has 2 aromatic heterocycles. The number of hydrogen-bond donors (Lipinski definition) is 0. The van der Waals surface area contributed by atoms with Crippen LogP contribution in [0.25, 0.3) is 88.9 Å². The maximum absolute atomic E-state index is 5.08. The zero-order chi connectivity index (χ0) is 31.3. The first-order valence-corrected chi connectivity index (χ1v) is 15.8. The Morgan fingerprint density at radius 2 is 0.915 bits per heavy atom. The number of aromatic nitrogens is 4. The molecule has 220 valence electrons. The Labute approximate surface area is 272 Å². The summed E-state index contributed by atoms with van der Waals surface area (Å²) in [5, 5.41) is 7.53. The van der Waals surface area contributed by atoms with Gasteiger partial charge in [0.1, 0.15) is 0 Å². The average molecular weight is 601 g/mol. The van der Waals surface area contributed by atoms with E-state index in [1.807, 2.05) is 73.7 Å². The summed E-state index contributed by atoms with van der Waals surface area (Å²) in [6, 6.07) is 52.9. The number of nitrogens with zero attached hydrogens (tertiary/aromatic N) is 4. The maximum Gasteiger partial charge on any atom is 0.164 e. The summed E-state index contributed by atoms with van der Waals surface area (Å²) in [6.45, 7) is 2.03. The van der Waals surface area contributed by atoms with Gasteiger partial charge in [0.15, 0.2) is 17.5 Å². The summed E-state index contributed by atoms with van der Waals surface area (Å²) in [5.41, 5.74) is 7.92. The summed E-state index contributed by atoms with van der Waals surface area (Å²) in [4.78, 5) is 20.0. The van der Waals surface area contributed by atoms with Crippen LogP contribution in [0.5, 0.6) is 0 Å². The van der Waals surface area contributed by atoms with E-state index in [2.05, 4.69) is 84.9 Å². The van der Waals surface area contributed by atoms with Crippen molar-refractivity contribution < 1.29 is 0 Å². The van der Waals surface area contributed by atoms with Gasteiger partial charge in [-0.2, -0.15) is 0 Å². The van der Waals surface area contributed by atoms with Crippen molar-refractivity contribution in [1.82, 2.24) is 19.9 Å². The molecule has 4 nitrogen and oxygen atoms in total. The summed E-state index contributed by atoms with van der Waals surface area (Å²) in [7, 11) is 0. The van der Waals surface area contributed by atoms with E-state index in [-0.39, 0.29) is 0 Å². The van der Waals surface area contributed by atoms with Gasteiger partial charge < -0.3 is 0 Å². The fourth-order valence-electron chi connectivity index (χ4n) is 6.70. The highest BCUT2D eigenvalue weighted by Gasteiger charge is 2.18. The maximum atomic E-state index is 5.08. The van der Waals surface area contributed by atoms with Gasteiger partial charge in [0, 0.05) is 27.9 Å². The third-order valence-electron chi connectivity index (χ3n) is 8.89. The van der Waals surface area contributed by atoms with Crippen LogP contribution in [-0.2, 0) is 0 Å². The second kappa shape index (κ2) is 11.0. The predicted octanol–water partition coefficient (Wildman–Crippen LogP) is 10.8. The van der Waals surface area contributed by atoms with E-state index in [9.17, 15) is 0 Å². The van der Waals surface area contributed by atoms with Crippen molar-refractivity contribution in [2.45, 2.75) is 6.92 Å². The minimum absolute atomic E-state index is 0.616. The summed E-state index contributed by atoms with van der Waals surface area (Å²) in [6.07, 6.45) is 0. The van der Waals surface area contributed by atoms with Gasteiger partial charge in [0.25, 0.3) is 0 Å². The molecule has 0 saturated heterocycles. The Bertz CT molecular complexity index is 2520. The van der Waals surface area contributed by atoms with E-state index >= 15 is 0 Å². The second-order valence-electron chi connectivity index (χ2n) is 12.0. The summed E-state index contributed by atoms with van der Waals surface area (Å²) < 4.78 is 0. The average Bonchev–Trinajstić information content (AvgIpc) is 3.14. The number of aryl methyl sites for hydroxylation is 1. The third kappa shape index (κ3) is 4.79. The minimum atomic E-state index is 0.616. The molecule has 0 radical (unpaired) electrons. The van der Waals surface area contributed by atoms with E-state index in [0.29, 0.717) is 17.5 Å². The molecule has 0 aliphatic heterocycles. The van der Waals surface area contributed by atoms with E-state index in [1.165, 1.54) is 32.3 Å². The van der Waals surface area contributed by atoms with Crippen LogP contribution < -0.4 is 0 Å². The van der Waals surface area contributed by atoms with E-state index < -0.39 is 0 Å². The molecule has 7 aromatic carbocycles. The summed E-state index contributed by atoms with van der Waals surface area (Å²) >= 11 is 0. The van der Waals surface area contributed by atoms with Crippen molar-refractivity contribution in [2.75, 3.05) is 0 Å². The van der Waals surface area contributed by atoms with E-state index in [0.717, 1.165) is 44.8 Å². The van der Waals surface area contributed by atoms with Crippen molar-refractivity contribution >= 4 is 32.3 Å². The van der Waals surface area contributed by atoms with Gasteiger partial charge in [0.05, 0.1) is 5.69 Å². The molecule has 0 fully saturated rings. The van der Waals surface area contributed by atoms with Gasteiger partial charge in [0.2, 0.25) is 0 Å². The predicted molar refractivity (Wildman–Crippen MR) is 193 cm³/mol. The molecular formula is C43H28N4. The van der Waals surface area contributed by atoms with Crippen LogP contribution in [-0.4, -0.2) is 19.9 Å².